The molecular formula is C18H15Cl2F3N2O. The molecule has 0 aliphatic heterocycles. The first-order chi connectivity index (χ1) is 12.2. The Labute approximate surface area is 158 Å². The maximum absolute atomic E-state index is 13.2. The molecule has 2 aromatic carbocycles. The molecule has 0 N–H and O–H groups in total. The van der Waals surface area contributed by atoms with Gasteiger partial charge in [-0.3, -0.25) is 4.79 Å². The van der Waals surface area contributed by atoms with Gasteiger partial charge in [-0.2, -0.15) is 23.0 Å². The van der Waals surface area contributed by atoms with E-state index in [0.29, 0.717) is 21.6 Å². The normalized spacial score (nSPS) is 11.2. The number of alkyl halides is 3. The molecule has 3 aromatic rings. The third-order valence-corrected chi connectivity index (χ3v) is 4.19. The number of aryl methyl sites for hydroxylation is 1. The van der Waals surface area contributed by atoms with Gasteiger partial charge in [-0.25, -0.2) is 0 Å². The second-order valence-electron chi connectivity index (χ2n) is 5.10. The lowest BCUT2D eigenvalue weighted by atomic mass is 10.1. The number of hydrogen-bond acceptors (Lipinski definition) is 2. The van der Waals surface area contributed by atoms with Crippen LogP contribution in [0.3, 0.4) is 0 Å². The summed E-state index contributed by atoms with van der Waals surface area (Å²) in [5.74, 6) is -0.965. The molecule has 0 aliphatic rings. The van der Waals surface area contributed by atoms with Crippen LogP contribution in [0.4, 0.5) is 13.2 Å². The third-order valence-electron chi connectivity index (χ3n) is 3.56. The van der Waals surface area contributed by atoms with Crippen molar-refractivity contribution in [3.8, 4) is 0 Å². The Bertz CT molecular complexity index is 965. The first-order valence-corrected chi connectivity index (χ1v) is 8.51. The van der Waals surface area contributed by atoms with Gasteiger partial charge in [0.15, 0.2) is 0 Å². The number of carbonyl (C=O) groups excluding carboxylic acids is 1. The molecule has 1 heterocycles. The fourth-order valence-corrected chi connectivity index (χ4v) is 3.10. The van der Waals surface area contributed by atoms with Crippen LogP contribution in [0.15, 0.2) is 36.4 Å². The SMILES string of the molecule is CC.Cc1nn(C(=O)c2c(Cl)cccc2C(F)(F)F)c2cccc(Cl)c12. The van der Waals surface area contributed by atoms with Crippen LogP contribution in [0, 0.1) is 6.92 Å². The molecule has 8 heteroatoms. The highest BCUT2D eigenvalue weighted by Crippen LogP contribution is 2.36. The predicted octanol–water partition coefficient (Wildman–Crippen LogP) is 6.39. The van der Waals surface area contributed by atoms with E-state index < -0.39 is 23.2 Å². The molecule has 1 aromatic heterocycles. The van der Waals surface area contributed by atoms with E-state index in [-0.39, 0.29) is 5.02 Å². The summed E-state index contributed by atoms with van der Waals surface area (Å²) in [6.45, 7) is 5.62. The molecule has 3 rings (SSSR count). The number of halogens is 5. The number of aromatic nitrogens is 2. The van der Waals surface area contributed by atoms with Crippen LogP contribution in [0.25, 0.3) is 10.9 Å². The Morgan fingerprint density at radius 2 is 1.62 bits per heavy atom. The minimum absolute atomic E-state index is 0.293. The van der Waals surface area contributed by atoms with Crippen molar-refractivity contribution in [2.24, 2.45) is 0 Å². The van der Waals surface area contributed by atoms with Crippen LogP contribution >= 0.6 is 23.2 Å². The molecule has 3 nitrogen and oxygen atoms in total. The van der Waals surface area contributed by atoms with Gasteiger partial charge in [0.25, 0.3) is 5.91 Å². The first kappa shape index (κ1) is 20.3. The van der Waals surface area contributed by atoms with E-state index in [1.165, 1.54) is 6.07 Å². The van der Waals surface area contributed by atoms with E-state index in [4.69, 9.17) is 23.2 Å². The fraction of sp³-hybridized carbons (Fsp3) is 0.222. The fourth-order valence-electron chi connectivity index (χ4n) is 2.54. The Kier molecular flexibility index (Phi) is 5.98. The number of benzene rings is 2. The molecule has 0 saturated carbocycles. The number of fused-ring (bicyclic) bond motifs is 1. The van der Waals surface area contributed by atoms with Crippen LogP contribution in [0.5, 0.6) is 0 Å². The Morgan fingerprint density at radius 1 is 1.04 bits per heavy atom. The maximum Gasteiger partial charge on any atom is 0.417 e. The zero-order valence-corrected chi connectivity index (χ0v) is 15.7. The Balaban J connectivity index is 0.00000117. The van der Waals surface area contributed by atoms with Gasteiger partial charge in [-0.1, -0.05) is 49.2 Å². The van der Waals surface area contributed by atoms with E-state index in [0.717, 1.165) is 16.8 Å². The van der Waals surface area contributed by atoms with Crippen molar-refractivity contribution >= 4 is 40.0 Å². The minimum atomic E-state index is -4.72. The summed E-state index contributed by atoms with van der Waals surface area (Å²) in [5.41, 5.74) is -0.998. The van der Waals surface area contributed by atoms with E-state index in [1.807, 2.05) is 13.8 Å². The van der Waals surface area contributed by atoms with Crippen molar-refractivity contribution in [1.29, 1.82) is 0 Å². The van der Waals surface area contributed by atoms with Crippen molar-refractivity contribution in [3.63, 3.8) is 0 Å². The average Bonchev–Trinajstić information content (AvgIpc) is 2.93. The molecule has 0 spiro atoms. The first-order valence-electron chi connectivity index (χ1n) is 7.76. The molecule has 26 heavy (non-hydrogen) atoms. The lowest BCUT2D eigenvalue weighted by Crippen LogP contribution is -2.20. The smallest absolute Gasteiger partial charge is 0.267 e. The van der Waals surface area contributed by atoms with Gasteiger partial charge in [0.05, 0.1) is 32.4 Å². The highest BCUT2D eigenvalue weighted by Gasteiger charge is 2.37. The number of hydrogen-bond donors (Lipinski definition) is 0. The Hall–Kier alpha value is -2.05. The molecule has 0 fully saturated rings. The van der Waals surface area contributed by atoms with E-state index in [1.54, 1.807) is 25.1 Å². The molecule has 0 amide bonds. The van der Waals surface area contributed by atoms with Gasteiger partial charge < -0.3 is 0 Å². The molecule has 0 unspecified atom stereocenters. The van der Waals surface area contributed by atoms with Crippen molar-refractivity contribution in [3.05, 3.63) is 63.3 Å². The van der Waals surface area contributed by atoms with E-state index >= 15 is 0 Å². The van der Waals surface area contributed by atoms with Gasteiger partial charge in [-0.05, 0) is 31.2 Å². The molecule has 138 valence electrons. The van der Waals surface area contributed by atoms with Gasteiger partial charge in [0.2, 0.25) is 0 Å². The maximum atomic E-state index is 13.2. The number of carbonyl (C=O) groups is 1. The summed E-state index contributed by atoms with van der Waals surface area (Å²) in [6, 6.07) is 7.95. The average molecular weight is 403 g/mol. The Morgan fingerprint density at radius 3 is 2.23 bits per heavy atom. The second kappa shape index (κ2) is 7.68. The highest BCUT2D eigenvalue weighted by molar-refractivity contribution is 6.36. The van der Waals surface area contributed by atoms with Crippen molar-refractivity contribution in [1.82, 2.24) is 9.78 Å². The van der Waals surface area contributed by atoms with Gasteiger partial charge in [-0.15, -0.1) is 0 Å². The van der Waals surface area contributed by atoms with Gasteiger partial charge in [0.1, 0.15) is 0 Å². The molecule has 0 bridgehead atoms. The molecular weight excluding hydrogens is 388 g/mol. The molecule has 0 saturated heterocycles. The summed E-state index contributed by atoms with van der Waals surface area (Å²) in [5, 5.41) is 4.62. The quantitative estimate of drug-likeness (QED) is 0.472. The van der Waals surface area contributed by atoms with Gasteiger partial charge >= 0.3 is 6.18 Å². The van der Waals surface area contributed by atoms with Crippen molar-refractivity contribution < 1.29 is 18.0 Å². The number of nitrogens with zero attached hydrogens (tertiary/aromatic N) is 2. The lowest BCUT2D eigenvalue weighted by Gasteiger charge is -2.13. The summed E-state index contributed by atoms with van der Waals surface area (Å²) in [7, 11) is 0. The lowest BCUT2D eigenvalue weighted by molar-refractivity contribution is -0.137. The van der Waals surface area contributed by atoms with E-state index in [2.05, 4.69) is 5.10 Å². The monoisotopic (exact) mass is 402 g/mol. The van der Waals surface area contributed by atoms with Crippen LogP contribution < -0.4 is 0 Å². The predicted molar refractivity (Wildman–Crippen MR) is 97.0 cm³/mol. The highest BCUT2D eigenvalue weighted by atomic mass is 35.5. The standard InChI is InChI=1S/C16H9Cl2F3N2O.C2H6/c1-8-13-10(17)6-3-7-12(13)23(22-8)15(24)14-9(16(19,20)21)4-2-5-11(14)18;1-2/h2-7H,1H3;1-2H3. The molecule has 0 radical (unpaired) electrons. The largest absolute Gasteiger partial charge is 0.417 e. The van der Waals surface area contributed by atoms with Crippen LogP contribution in [0.2, 0.25) is 10.0 Å². The second-order valence-corrected chi connectivity index (χ2v) is 5.91. The van der Waals surface area contributed by atoms with Crippen molar-refractivity contribution in [2.45, 2.75) is 26.9 Å². The summed E-state index contributed by atoms with van der Waals surface area (Å²) in [6.07, 6.45) is -4.72. The molecule has 0 aliphatic carbocycles. The zero-order chi connectivity index (χ0) is 19.6. The summed E-state index contributed by atoms with van der Waals surface area (Å²) >= 11 is 12.0. The van der Waals surface area contributed by atoms with Crippen molar-refractivity contribution in [2.75, 3.05) is 0 Å². The summed E-state index contributed by atoms with van der Waals surface area (Å²) < 4.78 is 40.6. The third kappa shape index (κ3) is 3.57. The minimum Gasteiger partial charge on any atom is -0.267 e. The van der Waals surface area contributed by atoms with Crippen LogP contribution in [-0.2, 0) is 6.18 Å². The summed E-state index contributed by atoms with van der Waals surface area (Å²) in [4.78, 5) is 12.7. The van der Waals surface area contributed by atoms with Crippen LogP contribution in [0.1, 0.15) is 35.5 Å². The van der Waals surface area contributed by atoms with E-state index in [9.17, 15) is 18.0 Å². The van der Waals surface area contributed by atoms with Crippen LogP contribution in [-0.4, -0.2) is 15.7 Å². The topological polar surface area (TPSA) is 34.9 Å². The molecule has 0 atom stereocenters. The number of rotatable bonds is 1. The van der Waals surface area contributed by atoms with Gasteiger partial charge in [0, 0.05) is 5.39 Å². The zero-order valence-electron chi connectivity index (χ0n) is 14.2.